The van der Waals surface area contributed by atoms with Crippen molar-refractivity contribution < 1.29 is 23.1 Å². The number of hydrogen-bond donors (Lipinski definition) is 1. The molecule has 2 aromatic carbocycles. The maximum atomic E-state index is 13.4. The Bertz CT molecular complexity index is 1130. The van der Waals surface area contributed by atoms with Crippen LogP contribution in [0.3, 0.4) is 0 Å². The van der Waals surface area contributed by atoms with Crippen LogP contribution in [0.4, 0.5) is 9.18 Å². The van der Waals surface area contributed by atoms with Gasteiger partial charge in [-0.25, -0.2) is 14.2 Å². The molecule has 0 bridgehead atoms. The topological polar surface area (TPSA) is 76.8 Å². The first-order valence-electron chi connectivity index (χ1n) is 11.0. The molecule has 1 saturated heterocycles. The first-order chi connectivity index (χ1) is 15.6. The molecule has 1 N–H and O–H groups in total. The number of hydrogen-bond acceptors (Lipinski definition) is 5. The minimum Gasteiger partial charge on any atom is -0.493 e. The van der Waals surface area contributed by atoms with Crippen LogP contribution in [0.15, 0.2) is 40.8 Å². The Balaban J connectivity index is 1.33. The molecule has 1 saturated carbocycles. The molecular weight excluding hydrogens is 413 g/mol. The highest BCUT2D eigenvalue weighted by molar-refractivity contribution is 5.76. The molecule has 8 heteroatoms. The second-order valence-electron chi connectivity index (χ2n) is 8.42. The Morgan fingerprint density at radius 1 is 1.19 bits per heavy atom. The molecule has 1 atom stereocenters. The fraction of sp³-hybridized carbons (Fsp3) is 0.417. The lowest BCUT2D eigenvalue weighted by Crippen LogP contribution is -2.49. The summed E-state index contributed by atoms with van der Waals surface area (Å²) in [5.74, 6) is 1.55. The molecule has 2 heterocycles. The Labute approximate surface area is 185 Å². The van der Waals surface area contributed by atoms with E-state index in [0.29, 0.717) is 30.1 Å². The number of fused-ring (bicyclic) bond motifs is 1. The molecule has 2 amide bonds. The lowest BCUT2D eigenvalue weighted by atomic mass is 9.96. The van der Waals surface area contributed by atoms with Crippen molar-refractivity contribution in [1.82, 2.24) is 15.2 Å². The van der Waals surface area contributed by atoms with E-state index in [4.69, 9.17) is 13.9 Å². The van der Waals surface area contributed by atoms with Gasteiger partial charge in [0.1, 0.15) is 11.3 Å². The molecular formula is C24H26FN3O4. The van der Waals surface area contributed by atoms with Crippen LogP contribution in [0.25, 0.3) is 11.1 Å². The molecule has 2 fully saturated rings. The number of nitrogens with zero attached hydrogens (tertiary/aromatic N) is 2. The van der Waals surface area contributed by atoms with E-state index in [0.717, 1.165) is 29.9 Å². The van der Waals surface area contributed by atoms with E-state index in [-0.39, 0.29) is 30.4 Å². The minimum absolute atomic E-state index is 0.0753. The smallest absolute Gasteiger partial charge is 0.317 e. The van der Waals surface area contributed by atoms with E-state index in [1.807, 2.05) is 18.2 Å². The summed E-state index contributed by atoms with van der Waals surface area (Å²) in [6.07, 6.45) is 4.74. The van der Waals surface area contributed by atoms with E-state index in [9.17, 15) is 9.18 Å². The van der Waals surface area contributed by atoms with Crippen LogP contribution in [0.1, 0.15) is 43.1 Å². The Morgan fingerprint density at radius 3 is 2.84 bits per heavy atom. The summed E-state index contributed by atoms with van der Waals surface area (Å²) in [6.45, 7) is 1.25. The number of urea groups is 1. The van der Waals surface area contributed by atoms with Crippen LogP contribution >= 0.6 is 0 Å². The SMILES string of the molecule is COc1ccc(C2CNC(=O)N(Cc3nc4cc(F)ccc4o3)C2)cc1OC1CCCC1. The molecule has 1 aromatic heterocycles. The van der Waals surface area contributed by atoms with Gasteiger partial charge in [-0.3, -0.25) is 0 Å². The average Bonchev–Trinajstić information content (AvgIpc) is 3.44. The number of oxazole rings is 1. The van der Waals surface area contributed by atoms with Crippen molar-refractivity contribution in [2.45, 2.75) is 44.2 Å². The largest absolute Gasteiger partial charge is 0.493 e. The van der Waals surface area contributed by atoms with E-state index in [1.165, 1.54) is 25.0 Å². The zero-order valence-electron chi connectivity index (χ0n) is 18.0. The van der Waals surface area contributed by atoms with Crippen LogP contribution in [0, 0.1) is 5.82 Å². The molecule has 2 aliphatic rings. The summed E-state index contributed by atoms with van der Waals surface area (Å²) in [5, 5.41) is 2.95. The van der Waals surface area contributed by atoms with Crippen molar-refractivity contribution in [2.24, 2.45) is 0 Å². The zero-order valence-corrected chi connectivity index (χ0v) is 18.0. The predicted molar refractivity (Wildman–Crippen MR) is 116 cm³/mol. The molecule has 1 aliphatic heterocycles. The fourth-order valence-corrected chi connectivity index (χ4v) is 4.50. The van der Waals surface area contributed by atoms with Gasteiger partial charge in [0, 0.05) is 25.1 Å². The van der Waals surface area contributed by atoms with Gasteiger partial charge in [-0.1, -0.05) is 6.07 Å². The van der Waals surface area contributed by atoms with Crippen LogP contribution < -0.4 is 14.8 Å². The maximum Gasteiger partial charge on any atom is 0.317 e. The number of carbonyl (C=O) groups excluding carboxylic acids is 1. The lowest BCUT2D eigenvalue weighted by Gasteiger charge is -2.33. The molecule has 3 aromatic rings. The summed E-state index contributed by atoms with van der Waals surface area (Å²) in [4.78, 5) is 18.5. The van der Waals surface area contributed by atoms with Crippen molar-refractivity contribution in [1.29, 1.82) is 0 Å². The molecule has 5 rings (SSSR count). The summed E-state index contributed by atoms with van der Waals surface area (Å²) in [5.41, 5.74) is 2.01. The van der Waals surface area contributed by atoms with Gasteiger partial charge in [0.05, 0.1) is 19.8 Å². The highest BCUT2D eigenvalue weighted by Crippen LogP contribution is 2.35. The summed E-state index contributed by atoms with van der Waals surface area (Å²) in [7, 11) is 1.64. The molecule has 0 radical (unpaired) electrons. The maximum absolute atomic E-state index is 13.4. The molecule has 1 aliphatic carbocycles. The van der Waals surface area contributed by atoms with Crippen molar-refractivity contribution in [3.8, 4) is 11.5 Å². The lowest BCUT2D eigenvalue weighted by molar-refractivity contribution is 0.170. The molecule has 7 nitrogen and oxygen atoms in total. The van der Waals surface area contributed by atoms with E-state index >= 15 is 0 Å². The van der Waals surface area contributed by atoms with Crippen LogP contribution in [-0.2, 0) is 6.54 Å². The molecule has 168 valence electrons. The normalized spacial score (nSPS) is 19.4. The summed E-state index contributed by atoms with van der Waals surface area (Å²) < 4.78 is 30.9. The van der Waals surface area contributed by atoms with Crippen molar-refractivity contribution >= 4 is 17.1 Å². The molecule has 1 unspecified atom stereocenters. The van der Waals surface area contributed by atoms with Crippen LogP contribution in [0.5, 0.6) is 11.5 Å². The third kappa shape index (κ3) is 4.22. The number of methoxy groups -OCH3 is 1. The Morgan fingerprint density at radius 2 is 2.03 bits per heavy atom. The Kier molecular flexibility index (Phi) is 5.59. The van der Waals surface area contributed by atoms with E-state index in [2.05, 4.69) is 10.3 Å². The monoisotopic (exact) mass is 439 g/mol. The predicted octanol–water partition coefficient (Wildman–Crippen LogP) is 4.61. The fourth-order valence-electron chi connectivity index (χ4n) is 4.50. The summed E-state index contributed by atoms with van der Waals surface area (Å²) in [6, 6.07) is 9.99. The third-order valence-electron chi connectivity index (χ3n) is 6.20. The van der Waals surface area contributed by atoms with Gasteiger partial charge in [-0.2, -0.15) is 0 Å². The van der Waals surface area contributed by atoms with Crippen LogP contribution in [0.2, 0.25) is 0 Å². The number of aromatic nitrogens is 1. The second kappa shape index (κ2) is 8.68. The third-order valence-corrected chi connectivity index (χ3v) is 6.20. The van der Waals surface area contributed by atoms with Gasteiger partial charge in [0.25, 0.3) is 0 Å². The number of ether oxygens (including phenoxy) is 2. The van der Waals surface area contributed by atoms with Gasteiger partial charge < -0.3 is 24.1 Å². The van der Waals surface area contributed by atoms with Gasteiger partial charge in [-0.15, -0.1) is 0 Å². The number of benzene rings is 2. The van der Waals surface area contributed by atoms with Crippen molar-refractivity contribution in [2.75, 3.05) is 20.2 Å². The number of carbonyl (C=O) groups is 1. The summed E-state index contributed by atoms with van der Waals surface area (Å²) >= 11 is 0. The number of rotatable bonds is 6. The van der Waals surface area contributed by atoms with Gasteiger partial charge in [0.15, 0.2) is 17.1 Å². The zero-order chi connectivity index (χ0) is 22.1. The quantitative estimate of drug-likeness (QED) is 0.607. The Hall–Kier alpha value is -3.29. The second-order valence-corrected chi connectivity index (χ2v) is 8.42. The van der Waals surface area contributed by atoms with E-state index in [1.54, 1.807) is 18.1 Å². The van der Waals surface area contributed by atoms with Gasteiger partial charge in [-0.05, 0) is 55.5 Å². The first kappa shape index (κ1) is 20.6. The minimum atomic E-state index is -0.372. The van der Waals surface area contributed by atoms with E-state index < -0.39 is 0 Å². The number of amides is 2. The molecule has 32 heavy (non-hydrogen) atoms. The number of halogens is 1. The standard InChI is InChI=1S/C24H26FN3O4/c1-30-21-8-6-15(10-22(21)31-18-4-2-3-5-18)16-12-26-24(29)28(13-16)14-23-27-19-11-17(25)7-9-20(19)32-23/h6-11,16,18H,2-5,12-14H2,1H3,(H,26,29). The van der Waals surface area contributed by atoms with Gasteiger partial charge in [0.2, 0.25) is 5.89 Å². The van der Waals surface area contributed by atoms with Crippen LogP contribution in [-0.4, -0.2) is 42.2 Å². The van der Waals surface area contributed by atoms with Crippen molar-refractivity contribution in [3.63, 3.8) is 0 Å². The highest BCUT2D eigenvalue weighted by Gasteiger charge is 2.29. The molecule has 0 spiro atoms. The average molecular weight is 439 g/mol. The number of nitrogens with one attached hydrogen (secondary N) is 1. The highest BCUT2D eigenvalue weighted by atomic mass is 19.1. The first-order valence-corrected chi connectivity index (χ1v) is 11.0. The van der Waals surface area contributed by atoms with Gasteiger partial charge >= 0.3 is 6.03 Å². The van der Waals surface area contributed by atoms with Crippen molar-refractivity contribution in [3.05, 3.63) is 53.7 Å².